The van der Waals surface area contributed by atoms with E-state index in [1.165, 1.54) is 30.5 Å². The average molecular weight is 433 g/mol. The van der Waals surface area contributed by atoms with Gasteiger partial charge in [0.1, 0.15) is 5.36 Å². The fourth-order valence-corrected chi connectivity index (χ4v) is 4.54. The van der Waals surface area contributed by atoms with Crippen LogP contribution in [-0.4, -0.2) is 57.0 Å². The maximum atomic E-state index is 5.47. The summed E-state index contributed by atoms with van der Waals surface area (Å²) in [4.78, 5) is 16.7. The van der Waals surface area contributed by atoms with Crippen molar-refractivity contribution in [1.82, 2.24) is 10.3 Å². The number of benzene rings is 1. The summed E-state index contributed by atoms with van der Waals surface area (Å²) >= 11 is 0. The average Bonchev–Trinajstić information content (AvgIpc) is 3.10. The molecule has 0 bridgehead atoms. The lowest BCUT2D eigenvalue weighted by atomic mass is 10.1. The first-order valence-corrected chi connectivity index (χ1v) is 11.8. The van der Waals surface area contributed by atoms with Crippen molar-refractivity contribution < 1.29 is 4.74 Å². The number of rotatable bonds is 6. The molecule has 3 aliphatic heterocycles. The van der Waals surface area contributed by atoms with Gasteiger partial charge in [0.05, 0.1) is 25.1 Å². The Hall–Kier alpha value is -2.77. The molecule has 0 saturated carbocycles. The Balaban J connectivity index is 1.35. The number of aromatic nitrogens is 1. The third-order valence-electron chi connectivity index (χ3n) is 6.33. The van der Waals surface area contributed by atoms with Gasteiger partial charge in [-0.15, -0.1) is 0 Å². The van der Waals surface area contributed by atoms with Crippen LogP contribution in [0.5, 0.6) is 0 Å². The van der Waals surface area contributed by atoms with Crippen molar-refractivity contribution in [3.63, 3.8) is 0 Å². The number of fused-ring (bicyclic) bond motifs is 1. The van der Waals surface area contributed by atoms with Crippen molar-refractivity contribution in [1.29, 1.82) is 0 Å². The highest BCUT2D eigenvalue weighted by molar-refractivity contribution is 5.48. The van der Waals surface area contributed by atoms with Gasteiger partial charge in [0.25, 0.3) is 0 Å². The van der Waals surface area contributed by atoms with Crippen LogP contribution in [-0.2, 0) is 11.2 Å². The number of nitrogens with zero attached hydrogens (tertiary/aromatic N) is 4. The smallest absolute Gasteiger partial charge is 0.154 e. The molecule has 7 heteroatoms. The number of pyridine rings is 1. The molecule has 7 nitrogen and oxygen atoms in total. The molecule has 0 radical (unpaired) electrons. The SMILES string of the molecule is C1=CN=c2c(NCC3CCCCN3)nc(Cc3ccc(N4CCOCC4)cc3)cc2=NC1. The summed E-state index contributed by atoms with van der Waals surface area (Å²) in [7, 11) is 0. The first-order valence-electron chi connectivity index (χ1n) is 11.8. The predicted molar refractivity (Wildman–Crippen MR) is 127 cm³/mol. The van der Waals surface area contributed by atoms with Gasteiger partial charge in [0, 0.05) is 49.7 Å². The van der Waals surface area contributed by atoms with Crippen LogP contribution in [0.3, 0.4) is 0 Å². The molecule has 1 unspecified atom stereocenters. The molecule has 1 aromatic heterocycles. The summed E-state index contributed by atoms with van der Waals surface area (Å²) in [6, 6.07) is 11.4. The number of piperidine rings is 1. The highest BCUT2D eigenvalue weighted by Gasteiger charge is 2.14. The van der Waals surface area contributed by atoms with Crippen molar-refractivity contribution in [2.24, 2.45) is 9.98 Å². The Labute approximate surface area is 189 Å². The van der Waals surface area contributed by atoms with E-state index in [4.69, 9.17) is 14.7 Å². The van der Waals surface area contributed by atoms with E-state index in [9.17, 15) is 0 Å². The molecule has 2 saturated heterocycles. The maximum absolute atomic E-state index is 5.47. The Morgan fingerprint density at radius 1 is 1.12 bits per heavy atom. The zero-order valence-electron chi connectivity index (χ0n) is 18.6. The molecular formula is C25H32N6O. The standard InChI is InChI=1S/C25H32N6O/c1-2-9-26-20(4-1)18-29-25-24-23(27-10-3-11-28-24)17-21(30-25)16-19-5-7-22(8-6-19)31-12-14-32-15-13-31/h3,5-8,11,17,20,26H,1-2,4,9-10,12-16,18H2,(H,29,30). The topological polar surface area (TPSA) is 74.1 Å². The number of nitrogens with one attached hydrogen (secondary N) is 2. The summed E-state index contributed by atoms with van der Waals surface area (Å²) < 4.78 is 5.47. The quantitative estimate of drug-likeness (QED) is 0.729. The highest BCUT2D eigenvalue weighted by atomic mass is 16.5. The first kappa shape index (κ1) is 21.1. The number of hydrogen-bond acceptors (Lipinski definition) is 7. The molecule has 5 rings (SSSR count). The lowest BCUT2D eigenvalue weighted by molar-refractivity contribution is 0.122. The van der Waals surface area contributed by atoms with Gasteiger partial charge in [-0.2, -0.15) is 0 Å². The summed E-state index contributed by atoms with van der Waals surface area (Å²) in [5, 5.41) is 8.94. The second kappa shape index (κ2) is 10.2. The molecule has 1 atom stereocenters. The second-order valence-corrected chi connectivity index (χ2v) is 8.65. The summed E-state index contributed by atoms with van der Waals surface area (Å²) in [6.07, 6.45) is 8.35. The molecule has 168 valence electrons. The third-order valence-corrected chi connectivity index (χ3v) is 6.33. The second-order valence-electron chi connectivity index (χ2n) is 8.65. The highest BCUT2D eigenvalue weighted by Crippen LogP contribution is 2.18. The van der Waals surface area contributed by atoms with Gasteiger partial charge in [0.15, 0.2) is 5.82 Å². The Morgan fingerprint density at radius 2 is 2.00 bits per heavy atom. The summed E-state index contributed by atoms with van der Waals surface area (Å²) in [5.74, 6) is 0.838. The lowest BCUT2D eigenvalue weighted by Gasteiger charge is -2.28. The Morgan fingerprint density at radius 3 is 2.81 bits per heavy atom. The maximum Gasteiger partial charge on any atom is 0.154 e. The van der Waals surface area contributed by atoms with Crippen LogP contribution in [0.2, 0.25) is 0 Å². The molecule has 0 amide bonds. The largest absolute Gasteiger partial charge is 0.378 e. The molecule has 2 fully saturated rings. The van der Waals surface area contributed by atoms with Crippen LogP contribution in [0.4, 0.5) is 11.5 Å². The number of morpholine rings is 1. The van der Waals surface area contributed by atoms with Gasteiger partial charge in [-0.05, 0) is 49.2 Å². The van der Waals surface area contributed by atoms with Crippen molar-refractivity contribution in [3.05, 3.63) is 64.6 Å². The predicted octanol–water partition coefficient (Wildman–Crippen LogP) is 1.83. The van der Waals surface area contributed by atoms with E-state index in [1.807, 2.05) is 12.3 Å². The minimum atomic E-state index is 0.482. The van der Waals surface area contributed by atoms with Gasteiger partial charge in [-0.1, -0.05) is 18.6 Å². The van der Waals surface area contributed by atoms with E-state index >= 15 is 0 Å². The lowest BCUT2D eigenvalue weighted by Crippen LogP contribution is -2.41. The van der Waals surface area contributed by atoms with Crippen LogP contribution in [0, 0.1) is 0 Å². The number of ether oxygens (including phenoxy) is 1. The van der Waals surface area contributed by atoms with Crippen molar-refractivity contribution in [3.8, 4) is 0 Å². The van der Waals surface area contributed by atoms with Gasteiger partial charge in [-0.3, -0.25) is 9.98 Å². The molecule has 1 aromatic carbocycles. The number of hydrogen-bond donors (Lipinski definition) is 2. The molecule has 2 N–H and O–H groups in total. The zero-order valence-corrected chi connectivity index (χ0v) is 18.6. The molecule has 0 spiro atoms. The van der Waals surface area contributed by atoms with Crippen molar-refractivity contribution in [2.75, 3.05) is 56.2 Å². The normalized spacial score (nSPS) is 20.6. The molecule has 3 aliphatic rings. The molecule has 32 heavy (non-hydrogen) atoms. The van der Waals surface area contributed by atoms with Crippen LogP contribution in [0.15, 0.2) is 52.6 Å². The van der Waals surface area contributed by atoms with Crippen molar-refractivity contribution in [2.45, 2.75) is 31.7 Å². The molecule has 4 heterocycles. The third kappa shape index (κ3) is 5.16. The summed E-state index contributed by atoms with van der Waals surface area (Å²) in [5.41, 5.74) is 3.52. The van der Waals surface area contributed by atoms with Crippen LogP contribution >= 0.6 is 0 Å². The van der Waals surface area contributed by atoms with E-state index in [0.717, 1.165) is 68.0 Å². The van der Waals surface area contributed by atoms with Crippen LogP contribution in [0.1, 0.15) is 30.5 Å². The summed E-state index contributed by atoms with van der Waals surface area (Å²) in [6.45, 7) is 6.12. The van der Waals surface area contributed by atoms with E-state index in [0.29, 0.717) is 12.6 Å². The van der Waals surface area contributed by atoms with E-state index < -0.39 is 0 Å². The first-order chi connectivity index (χ1) is 15.8. The van der Waals surface area contributed by atoms with Gasteiger partial charge in [0.2, 0.25) is 0 Å². The van der Waals surface area contributed by atoms with Gasteiger partial charge in [-0.25, -0.2) is 4.98 Å². The number of anilines is 2. The minimum absolute atomic E-state index is 0.482. The Bertz CT molecular complexity index is 1050. The fraction of sp³-hybridized carbons (Fsp3) is 0.480. The molecule has 0 aliphatic carbocycles. The van der Waals surface area contributed by atoms with Gasteiger partial charge < -0.3 is 20.3 Å². The molecular weight excluding hydrogens is 400 g/mol. The Kier molecular flexibility index (Phi) is 6.75. The molecule has 2 aromatic rings. The van der Waals surface area contributed by atoms with E-state index in [2.05, 4.69) is 50.9 Å². The van der Waals surface area contributed by atoms with Crippen molar-refractivity contribution >= 4 is 11.5 Å². The fourth-order valence-electron chi connectivity index (χ4n) is 4.54. The van der Waals surface area contributed by atoms with Gasteiger partial charge >= 0.3 is 0 Å². The minimum Gasteiger partial charge on any atom is -0.378 e. The van der Waals surface area contributed by atoms with E-state index in [-0.39, 0.29) is 0 Å². The van der Waals surface area contributed by atoms with E-state index in [1.54, 1.807) is 0 Å². The van der Waals surface area contributed by atoms with Crippen LogP contribution < -0.4 is 26.2 Å². The monoisotopic (exact) mass is 432 g/mol. The van der Waals surface area contributed by atoms with Crippen LogP contribution in [0.25, 0.3) is 0 Å². The zero-order chi connectivity index (χ0) is 21.6.